The van der Waals surface area contributed by atoms with Gasteiger partial charge in [-0.1, -0.05) is 35.5 Å². The summed E-state index contributed by atoms with van der Waals surface area (Å²) < 4.78 is 33.7. The summed E-state index contributed by atoms with van der Waals surface area (Å²) in [5.74, 6) is -1.95. The number of hydrogen-bond acceptors (Lipinski definition) is 5. The maximum Gasteiger partial charge on any atom is 0.266 e. The first-order valence-electron chi connectivity index (χ1n) is 9.61. The molecule has 168 valence electrons. The highest BCUT2D eigenvalue weighted by Gasteiger charge is 2.18. The third-order valence-electron chi connectivity index (χ3n) is 4.66. The van der Waals surface area contributed by atoms with Gasteiger partial charge in [0.1, 0.15) is 17.4 Å². The van der Waals surface area contributed by atoms with Crippen LogP contribution in [0.2, 0.25) is 5.02 Å². The summed E-state index contributed by atoms with van der Waals surface area (Å²) in [6.45, 7) is 0. The molecule has 10 heteroatoms. The van der Waals surface area contributed by atoms with Crippen molar-refractivity contribution in [3.05, 3.63) is 87.7 Å². The molecular formula is C23H16ClF2N3O3S. The summed E-state index contributed by atoms with van der Waals surface area (Å²) in [6.07, 6.45) is 0. The van der Waals surface area contributed by atoms with E-state index >= 15 is 0 Å². The highest BCUT2D eigenvalue weighted by atomic mass is 35.5. The van der Waals surface area contributed by atoms with Crippen LogP contribution in [0.4, 0.5) is 14.5 Å². The highest BCUT2D eigenvalue weighted by molar-refractivity contribution is 7.99. The van der Waals surface area contributed by atoms with Gasteiger partial charge in [0.05, 0.1) is 35.1 Å². The first-order chi connectivity index (χ1) is 15.9. The summed E-state index contributed by atoms with van der Waals surface area (Å²) in [5, 5.41) is 3.35. The minimum atomic E-state index is -0.891. The number of benzene rings is 3. The van der Waals surface area contributed by atoms with Crippen LogP contribution in [0.25, 0.3) is 16.6 Å². The van der Waals surface area contributed by atoms with Crippen molar-refractivity contribution < 1.29 is 18.3 Å². The molecule has 0 saturated heterocycles. The van der Waals surface area contributed by atoms with Crippen LogP contribution < -0.4 is 15.6 Å². The molecule has 6 nitrogen and oxygen atoms in total. The van der Waals surface area contributed by atoms with Gasteiger partial charge in [0, 0.05) is 11.1 Å². The van der Waals surface area contributed by atoms with Crippen LogP contribution in [0.15, 0.2) is 70.6 Å². The maximum atomic E-state index is 13.9. The fourth-order valence-electron chi connectivity index (χ4n) is 3.17. The molecule has 0 atom stereocenters. The molecule has 0 radical (unpaired) electrons. The molecule has 1 amide bonds. The number of para-hydroxylation sites is 2. The molecule has 0 aliphatic carbocycles. The van der Waals surface area contributed by atoms with Gasteiger partial charge in [-0.05, 0) is 42.5 Å². The molecule has 0 fully saturated rings. The second-order valence-electron chi connectivity index (χ2n) is 6.83. The Morgan fingerprint density at radius 1 is 1.15 bits per heavy atom. The van der Waals surface area contributed by atoms with E-state index in [0.29, 0.717) is 33.4 Å². The lowest BCUT2D eigenvalue weighted by Gasteiger charge is -2.16. The fraction of sp³-hybridized carbons (Fsp3) is 0.0870. The van der Waals surface area contributed by atoms with Crippen LogP contribution >= 0.6 is 23.4 Å². The van der Waals surface area contributed by atoms with Crippen molar-refractivity contribution in [3.8, 4) is 11.4 Å². The third-order valence-corrected chi connectivity index (χ3v) is 5.84. The number of aromatic nitrogens is 2. The van der Waals surface area contributed by atoms with E-state index in [1.807, 2.05) is 0 Å². The molecular weight excluding hydrogens is 472 g/mol. The van der Waals surface area contributed by atoms with Crippen LogP contribution in [0.3, 0.4) is 0 Å². The van der Waals surface area contributed by atoms with E-state index in [-0.39, 0.29) is 22.2 Å². The Morgan fingerprint density at radius 2 is 1.94 bits per heavy atom. The zero-order valence-electron chi connectivity index (χ0n) is 17.1. The molecule has 0 aliphatic heterocycles. The van der Waals surface area contributed by atoms with E-state index in [0.717, 1.165) is 23.9 Å². The normalized spacial score (nSPS) is 10.9. The van der Waals surface area contributed by atoms with E-state index in [9.17, 15) is 18.4 Å². The molecule has 3 aromatic carbocycles. The van der Waals surface area contributed by atoms with E-state index in [2.05, 4.69) is 10.3 Å². The average Bonchev–Trinajstić information content (AvgIpc) is 2.79. The Morgan fingerprint density at radius 3 is 2.70 bits per heavy atom. The van der Waals surface area contributed by atoms with Gasteiger partial charge in [-0.3, -0.25) is 14.2 Å². The van der Waals surface area contributed by atoms with E-state index in [4.69, 9.17) is 16.3 Å². The Balaban J connectivity index is 1.72. The van der Waals surface area contributed by atoms with E-state index < -0.39 is 17.5 Å². The maximum absolute atomic E-state index is 13.9. The topological polar surface area (TPSA) is 73.2 Å². The second kappa shape index (κ2) is 9.60. The summed E-state index contributed by atoms with van der Waals surface area (Å²) in [6, 6.07) is 14.5. The molecule has 1 aromatic heterocycles. The average molecular weight is 488 g/mol. The van der Waals surface area contributed by atoms with E-state index in [1.54, 1.807) is 42.5 Å². The van der Waals surface area contributed by atoms with Gasteiger partial charge in [0.2, 0.25) is 5.91 Å². The number of halogens is 3. The van der Waals surface area contributed by atoms with Gasteiger partial charge in [0.15, 0.2) is 5.16 Å². The molecule has 33 heavy (non-hydrogen) atoms. The van der Waals surface area contributed by atoms with Crippen molar-refractivity contribution in [3.63, 3.8) is 0 Å². The third kappa shape index (κ3) is 4.84. The van der Waals surface area contributed by atoms with Crippen molar-refractivity contribution in [2.75, 3.05) is 18.2 Å². The van der Waals surface area contributed by atoms with Crippen LogP contribution in [-0.4, -0.2) is 28.3 Å². The number of carbonyl (C=O) groups is 1. The number of methoxy groups -OCH3 is 1. The van der Waals surface area contributed by atoms with Crippen LogP contribution in [-0.2, 0) is 4.79 Å². The van der Waals surface area contributed by atoms with E-state index in [1.165, 1.54) is 11.7 Å². The number of anilines is 1. The summed E-state index contributed by atoms with van der Waals surface area (Å²) in [4.78, 5) is 30.3. The number of nitrogens with one attached hydrogen (secondary N) is 1. The number of fused-ring (bicyclic) bond motifs is 1. The molecule has 0 bridgehead atoms. The largest absolute Gasteiger partial charge is 0.495 e. The molecule has 1 N–H and O–H groups in total. The second-order valence-corrected chi connectivity index (χ2v) is 8.21. The predicted octanol–water partition coefficient (Wildman–Crippen LogP) is 5.06. The van der Waals surface area contributed by atoms with Gasteiger partial charge in [-0.2, -0.15) is 0 Å². The Kier molecular flexibility index (Phi) is 6.62. The lowest BCUT2D eigenvalue weighted by Crippen LogP contribution is -2.23. The van der Waals surface area contributed by atoms with Crippen molar-refractivity contribution in [2.24, 2.45) is 0 Å². The van der Waals surface area contributed by atoms with Gasteiger partial charge in [0.25, 0.3) is 5.56 Å². The quantitative estimate of drug-likeness (QED) is 0.304. The Bertz CT molecular complexity index is 1430. The SMILES string of the molecule is COc1ccccc1-n1c(SCC(=O)Nc2ccc(F)cc2F)nc2cc(Cl)ccc2c1=O. The molecule has 0 unspecified atom stereocenters. The van der Waals surface area contributed by atoms with Crippen LogP contribution in [0, 0.1) is 11.6 Å². The minimum Gasteiger partial charge on any atom is -0.495 e. The number of hydrogen-bond donors (Lipinski definition) is 1. The predicted molar refractivity (Wildman–Crippen MR) is 125 cm³/mol. The number of carbonyl (C=O) groups excluding carboxylic acids is 1. The van der Waals surface area contributed by atoms with Crippen molar-refractivity contribution in [2.45, 2.75) is 5.16 Å². The highest BCUT2D eigenvalue weighted by Crippen LogP contribution is 2.28. The number of thioether (sulfide) groups is 1. The molecule has 4 rings (SSSR count). The molecule has 0 aliphatic rings. The molecule has 4 aromatic rings. The Hall–Kier alpha value is -3.43. The number of ether oxygens (including phenoxy) is 1. The zero-order chi connectivity index (χ0) is 23.5. The first kappa shape index (κ1) is 22.8. The minimum absolute atomic E-state index is 0.151. The number of nitrogens with zero attached hydrogens (tertiary/aromatic N) is 2. The van der Waals surface area contributed by atoms with Crippen LogP contribution in [0.1, 0.15) is 0 Å². The van der Waals surface area contributed by atoms with Crippen molar-refractivity contribution >= 4 is 45.9 Å². The van der Waals surface area contributed by atoms with Crippen molar-refractivity contribution in [1.82, 2.24) is 9.55 Å². The van der Waals surface area contributed by atoms with Crippen molar-refractivity contribution in [1.29, 1.82) is 0 Å². The Labute approximate surface area is 196 Å². The standard InChI is InChI=1S/C23H16ClF2N3O3S/c1-32-20-5-3-2-4-19(20)29-22(31)15-8-6-13(24)10-18(15)28-23(29)33-12-21(30)27-17-9-7-14(25)11-16(17)26/h2-11H,12H2,1H3,(H,27,30). The number of rotatable bonds is 6. The molecule has 0 spiro atoms. The van der Waals surface area contributed by atoms with Crippen LogP contribution in [0.5, 0.6) is 5.75 Å². The summed E-state index contributed by atoms with van der Waals surface area (Å²) >= 11 is 7.05. The monoisotopic (exact) mass is 487 g/mol. The van der Waals surface area contributed by atoms with Gasteiger partial charge in [-0.25, -0.2) is 13.8 Å². The van der Waals surface area contributed by atoms with Gasteiger partial charge >= 0.3 is 0 Å². The lowest BCUT2D eigenvalue weighted by atomic mass is 10.2. The molecule has 1 heterocycles. The number of amides is 1. The lowest BCUT2D eigenvalue weighted by molar-refractivity contribution is -0.113. The molecule has 0 saturated carbocycles. The first-order valence-corrected chi connectivity index (χ1v) is 11.0. The van der Waals surface area contributed by atoms with Gasteiger partial charge in [-0.15, -0.1) is 0 Å². The fourth-order valence-corrected chi connectivity index (χ4v) is 4.14. The smallest absolute Gasteiger partial charge is 0.266 e. The summed E-state index contributed by atoms with van der Waals surface area (Å²) in [5.41, 5.74) is 0.295. The summed E-state index contributed by atoms with van der Waals surface area (Å²) in [7, 11) is 1.48. The zero-order valence-corrected chi connectivity index (χ0v) is 18.7. The van der Waals surface area contributed by atoms with Gasteiger partial charge < -0.3 is 10.1 Å².